The summed E-state index contributed by atoms with van der Waals surface area (Å²) in [6.07, 6.45) is 5.59. The summed E-state index contributed by atoms with van der Waals surface area (Å²) < 4.78 is 0. The Labute approximate surface area is 90.5 Å². The molecule has 1 saturated carbocycles. The molecule has 3 unspecified atom stereocenters. The third-order valence-corrected chi connectivity index (χ3v) is 5.16. The summed E-state index contributed by atoms with van der Waals surface area (Å²) in [6.45, 7) is 14.5. The van der Waals surface area contributed by atoms with E-state index in [4.69, 9.17) is 0 Å². The Morgan fingerprint density at radius 1 is 1.43 bits per heavy atom. The molecule has 0 saturated heterocycles. The Hall–Kier alpha value is 0. The standard InChI is InChI=1S/C14H28/c1-7-11(2)8-9-13(4,5)14(6)10-12(14)3/h11-12H,7-10H2,1-6H3. The minimum Gasteiger partial charge on any atom is -0.0651 e. The van der Waals surface area contributed by atoms with E-state index in [1.165, 1.54) is 25.7 Å². The largest absolute Gasteiger partial charge is 0.0651 e. The Kier molecular flexibility index (Phi) is 3.33. The van der Waals surface area contributed by atoms with Gasteiger partial charge in [-0.15, -0.1) is 0 Å². The molecule has 0 radical (unpaired) electrons. The summed E-state index contributed by atoms with van der Waals surface area (Å²) in [5.74, 6) is 1.86. The second-order valence-electron chi connectivity index (χ2n) is 6.46. The molecule has 0 nitrogen and oxygen atoms in total. The molecule has 84 valence electrons. The maximum Gasteiger partial charge on any atom is -0.0246 e. The monoisotopic (exact) mass is 196 g/mol. The minimum absolute atomic E-state index is 0.551. The van der Waals surface area contributed by atoms with Crippen molar-refractivity contribution in [2.24, 2.45) is 22.7 Å². The molecule has 0 N–H and O–H groups in total. The zero-order chi connectivity index (χ0) is 11.0. The zero-order valence-corrected chi connectivity index (χ0v) is 11.0. The molecule has 0 heteroatoms. The lowest BCUT2D eigenvalue weighted by molar-refractivity contribution is 0.159. The highest BCUT2D eigenvalue weighted by Gasteiger charge is 2.55. The number of rotatable bonds is 5. The van der Waals surface area contributed by atoms with E-state index in [0.29, 0.717) is 10.8 Å². The highest BCUT2D eigenvalue weighted by atomic mass is 14.6. The van der Waals surface area contributed by atoms with Gasteiger partial charge in [0.25, 0.3) is 0 Å². The molecule has 0 spiro atoms. The lowest BCUT2D eigenvalue weighted by Gasteiger charge is -2.34. The van der Waals surface area contributed by atoms with Crippen molar-refractivity contribution in [1.29, 1.82) is 0 Å². The summed E-state index contributed by atoms with van der Waals surface area (Å²) in [5, 5.41) is 0. The van der Waals surface area contributed by atoms with Crippen LogP contribution in [0.1, 0.15) is 67.2 Å². The van der Waals surface area contributed by atoms with E-state index in [1.807, 2.05) is 0 Å². The fraction of sp³-hybridized carbons (Fsp3) is 1.00. The molecular formula is C14H28. The molecule has 3 atom stereocenters. The van der Waals surface area contributed by atoms with Gasteiger partial charge in [-0.25, -0.2) is 0 Å². The first-order valence-corrected chi connectivity index (χ1v) is 6.33. The molecule has 14 heavy (non-hydrogen) atoms. The number of hydrogen-bond acceptors (Lipinski definition) is 0. The van der Waals surface area contributed by atoms with Crippen LogP contribution in [0, 0.1) is 22.7 Å². The summed E-state index contributed by atoms with van der Waals surface area (Å²) in [7, 11) is 0. The number of hydrogen-bond donors (Lipinski definition) is 0. The van der Waals surface area contributed by atoms with E-state index >= 15 is 0 Å². The maximum atomic E-state index is 2.48. The van der Waals surface area contributed by atoms with Gasteiger partial charge in [0, 0.05) is 0 Å². The van der Waals surface area contributed by atoms with Crippen LogP contribution in [0.25, 0.3) is 0 Å². The second kappa shape index (κ2) is 3.87. The van der Waals surface area contributed by atoms with Crippen LogP contribution in [0.5, 0.6) is 0 Å². The van der Waals surface area contributed by atoms with Gasteiger partial charge in [0.1, 0.15) is 0 Å². The van der Waals surface area contributed by atoms with Gasteiger partial charge < -0.3 is 0 Å². The fourth-order valence-corrected chi connectivity index (χ4v) is 2.62. The quantitative estimate of drug-likeness (QED) is 0.587. The Morgan fingerprint density at radius 3 is 2.29 bits per heavy atom. The summed E-state index contributed by atoms with van der Waals surface area (Å²) >= 11 is 0. The normalized spacial score (nSPS) is 34.3. The maximum absolute atomic E-state index is 2.48. The van der Waals surface area contributed by atoms with Crippen LogP contribution in [0.2, 0.25) is 0 Å². The van der Waals surface area contributed by atoms with Gasteiger partial charge in [0.15, 0.2) is 0 Å². The Balaban J connectivity index is 2.43. The molecule has 0 aromatic heterocycles. The molecule has 1 fully saturated rings. The molecule has 1 aliphatic rings. The molecule has 0 heterocycles. The topological polar surface area (TPSA) is 0 Å². The van der Waals surface area contributed by atoms with Crippen molar-refractivity contribution < 1.29 is 0 Å². The summed E-state index contributed by atoms with van der Waals surface area (Å²) in [4.78, 5) is 0. The van der Waals surface area contributed by atoms with Crippen molar-refractivity contribution in [3.05, 3.63) is 0 Å². The van der Waals surface area contributed by atoms with E-state index < -0.39 is 0 Å². The van der Waals surface area contributed by atoms with Crippen LogP contribution in [-0.4, -0.2) is 0 Å². The highest BCUT2D eigenvalue weighted by molar-refractivity contribution is 5.05. The van der Waals surface area contributed by atoms with E-state index in [-0.39, 0.29) is 0 Å². The smallest absolute Gasteiger partial charge is 0.0246 e. The van der Waals surface area contributed by atoms with Gasteiger partial charge in [-0.05, 0) is 35.5 Å². The van der Waals surface area contributed by atoms with Crippen LogP contribution < -0.4 is 0 Å². The first-order chi connectivity index (χ1) is 6.33. The van der Waals surface area contributed by atoms with E-state index in [2.05, 4.69) is 41.5 Å². The van der Waals surface area contributed by atoms with Gasteiger partial charge >= 0.3 is 0 Å². The van der Waals surface area contributed by atoms with Crippen molar-refractivity contribution in [2.45, 2.75) is 67.2 Å². The van der Waals surface area contributed by atoms with Crippen molar-refractivity contribution in [3.8, 4) is 0 Å². The lowest BCUT2D eigenvalue weighted by atomic mass is 9.71. The van der Waals surface area contributed by atoms with Crippen molar-refractivity contribution in [3.63, 3.8) is 0 Å². The lowest BCUT2D eigenvalue weighted by Crippen LogP contribution is -2.25. The molecule has 1 rings (SSSR count). The van der Waals surface area contributed by atoms with E-state index in [0.717, 1.165) is 11.8 Å². The zero-order valence-electron chi connectivity index (χ0n) is 11.0. The molecule has 0 aromatic rings. The average Bonchev–Trinajstić information content (AvgIpc) is 2.73. The Morgan fingerprint density at radius 2 is 1.93 bits per heavy atom. The van der Waals surface area contributed by atoms with Gasteiger partial charge in [-0.1, -0.05) is 54.4 Å². The minimum atomic E-state index is 0.551. The summed E-state index contributed by atoms with van der Waals surface area (Å²) in [6, 6.07) is 0. The van der Waals surface area contributed by atoms with Crippen molar-refractivity contribution >= 4 is 0 Å². The third-order valence-electron chi connectivity index (χ3n) is 5.16. The van der Waals surface area contributed by atoms with Crippen LogP contribution in [0.4, 0.5) is 0 Å². The van der Waals surface area contributed by atoms with Crippen LogP contribution in [0.3, 0.4) is 0 Å². The van der Waals surface area contributed by atoms with E-state index in [1.54, 1.807) is 0 Å². The molecule has 0 aromatic carbocycles. The first-order valence-electron chi connectivity index (χ1n) is 6.33. The van der Waals surface area contributed by atoms with Crippen LogP contribution in [-0.2, 0) is 0 Å². The SMILES string of the molecule is CCC(C)CCC(C)(C)C1(C)CC1C. The fourth-order valence-electron chi connectivity index (χ4n) is 2.62. The van der Waals surface area contributed by atoms with Crippen molar-refractivity contribution in [2.75, 3.05) is 0 Å². The van der Waals surface area contributed by atoms with Gasteiger partial charge in [-0.3, -0.25) is 0 Å². The third kappa shape index (κ3) is 2.15. The molecule has 0 bridgehead atoms. The first kappa shape index (κ1) is 12.1. The average molecular weight is 196 g/mol. The van der Waals surface area contributed by atoms with Gasteiger partial charge in [0.05, 0.1) is 0 Å². The van der Waals surface area contributed by atoms with E-state index in [9.17, 15) is 0 Å². The summed E-state index contributed by atoms with van der Waals surface area (Å²) in [5.41, 5.74) is 1.19. The van der Waals surface area contributed by atoms with Crippen LogP contribution in [0.15, 0.2) is 0 Å². The second-order valence-corrected chi connectivity index (χ2v) is 6.46. The molecule has 0 aliphatic heterocycles. The predicted octanol–water partition coefficient (Wildman–Crippen LogP) is 4.89. The Bertz CT molecular complexity index is 192. The predicted molar refractivity (Wildman–Crippen MR) is 64.4 cm³/mol. The highest BCUT2D eigenvalue weighted by Crippen LogP contribution is 2.64. The van der Waals surface area contributed by atoms with Crippen molar-refractivity contribution in [1.82, 2.24) is 0 Å². The van der Waals surface area contributed by atoms with Crippen LogP contribution >= 0.6 is 0 Å². The molecular weight excluding hydrogens is 168 g/mol. The molecule has 1 aliphatic carbocycles. The van der Waals surface area contributed by atoms with Gasteiger partial charge in [0.2, 0.25) is 0 Å². The molecule has 0 amide bonds. The van der Waals surface area contributed by atoms with Gasteiger partial charge in [-0.2, -0.15) is 0 Å².